The fourth-order valence-electron chi connectivity index (χ4n) is 2.12. The Bertz CT molecular complexity index is 617. The summed E-state index contributed by atoms with van der Waals surface area (Å²) in [5, 5.41) is 0. The summed E-state index contributed by atoms with van der Waals surface area (Å²) in [5.41, 5.74) is 5.18. The Balaban J connectivity index is 2.33. The highest BCUT2D eigenvalue weighted by molar-refractivity contribution is 9.10. The molecule has 0 saturated heterocycles. The normalized spacial score (nSPS) is 12.4. The van der Waals surface area contributed by atoms with Gasteiger partial charge in [0.25, 0.3) is 0 Å². The van der Waals surface area contributed by atoms with Gasteiger partial charge in [-0.05, 0) is 60.4 Å². The molecule has 0 radical (unpaired) electrons. The molecule has 2 nitrogen and oxygen atoms in total. The van der Waals surface area contributed by atoms with Crippen molar-refractivity contribution in [3.8, 4) is 0 Å². The van der Waals surface area contributed by atoms with E-state index in [-0.39, 0.29) is 17.7 Å². The van der Waals surface area contributed by atoms with Gasteiger partial charge in [-0.15, -0.1) is 0 Å². The Morgan fingerprint density at radius 3 is 2.50 bits per heavy atom. The third-order valence-electron chi connectivity index (χ3n) is 3.27. The fraction of sp³-hybridized carbons (Fsp3) is 0.200. The van der Waals surface area contributed by atoms with Crippen LogP contribution in [0.2, 0.25) is 0 Å². The maximum atomic E-state index is 13.4. The zero-order valence-electron chi connectivity index (χ0n) is 11.0. The van der Waals surface area contributed by atoms with Crippen molar-refractivity contribution in [2.45, 2.75) is 19.4 Å². The largest absolute Gasteiger partial charge is 0.271 e. The van der Waals surface area contributed by atoms with E-state index in [2.05, 4.69) is 21.4 Å². The lowest BCUT2D eigenvalue weighted by Crippen LogP contribution is -2.30. The van der Waals surface area contributed by atoms with E-state index < -0.39 is 0 Å². The summed E-state index contributed by atoms with van der Waals surface area (Å²) in [5.74, 6) is 4.95. The van der Waals surface area contributed by atoms with Crippen LogP contribution in [-0.2, 0) is 6.42 Å². The Labute approximate surface area is 125 Å². The highest BCUT2D eigenvalue weighted by atomic mass is 79.9. The molecule has 0 bridgehead atoms. The summed E-state index contributed by atoms with van der Waals surface area (Å²) in [6.45, 7) is 1.91. The molecule has 20 heavy (non-hydrogen) atoms. The first-order valence-corrected chi connectivity index (χ1v) is 6.96. The van der Waals surface area contributed by atoms with Crippen molar-refractivity contribution in [1.82, 2.24) is 5.43 Å². The van der Waals surface area contributed by atoms with Crippen LogP contribution < -0.4 is 11.3 Å². The molecule has 0 saturated carbocycles. The molecule has 1 unspecified atom stereocenters. The molecule has 0 aliphatic rings. The molecule has 0 fully saturated rings. The van der Waals surface area contributed by atoms with E-state index in [9.17, 15) is 8.78 Å². The van der Waals surface area contributed by atoms with Gasteiger partial charge in [0.2, 0.25) is 0 Å². The lowest BCUT2D eigenvalue weighted by Gasteiger charge is -2.19. The summed E-state index contributed by atoms with van der Waals surface area (Å²) in [6.07, 6.45) is 0.474. The topological polar surface area (TPSA) is 38.0 Å². The van der Waals surface area contributed by atoms with Crippen molar-refractivity contribution >= 4 is 15.9 Å². The number of rotatable bonds is 4. The van der Waals surface area contributed by atoms with Gasteiger partial charge in [0.15, 0.2) is 0 Å². The van der Waals surface area contributed by atoms with Crippen LogP contribution in [0, 0.1) is 18.6 Å². The van der Waals surface area contributed by atoms with Crippen molar-refractivity contribution in [3.63, 3.8) is 0 Å². The van der Waals surface area contributed by atoms with Crippen LogP contribution in [0.15, 0.2) is 40.9 Å². The third kappa shape index (κ3) is 3.42. The van der Waals surface area contributed by atoms with Gasteiger partial charge >= 0.3 is 0 Å². The second-order valence-electron chi connectivity index (χ2n) is 4.66. The molecule has 5 heteroatoms. The summed E-state index contributed by atoms with van der Waals surface area (Å²) in [6, 6.07) is 8.74. The molecule has 2 rings (SSSR count). The number of hydrogen-bond donors (Lipinski definition) is 2. The third-order valence-corrected chi connectivity index (χ3v) is 3.99. The van der Waals surface area contributed by atoms with E-state index in [1.54, 1.807) is 12.1 Å². The minimum Gasteiger partial charge on any atom is -0.271 e. The molecule has 0 aliphatic carbocycles. The smallest absolute Gasteiger partial charge is 0.123 e. The molecular weight excluding hydrogens is 326 g/mol. The van der Waals surface area contributed by atoms with Crippen LogP contribution in [0.1, 0.15) is 22.7 Å². The van der Waals surface area contributed by atoms with Gasteiger partial charge < -0.3 is 0 Å². The van der Waals surface area contributed by atoms with Crippen LogP contribution in [0.5, 0.6) is 0 Å². The average Bonchev–Trinajstić information content (AvgIpc) is 2.42. The van der Waals surface area contributed by atoms with E-state index in [0.29, 0.717) is 12.0 Å². The summed E-state index contributed by atoms with van der Waals surface area (Å²) < 4.78 is 27.5. The summed E-state index contributed by atoms with van der Waals surface area (Å²) >= 11 is 3.38. The molecule has 0 heterocycles. The predicted molar refractivity (Wildman–Crippen MR) is 79.0 cm³/mol. The summed E-state index contributed by atoms with van der Waals surface area (Å²) in [7, 11) is 0. The Morgan fingerprint density at radius 2 is 1.80 bits per heavy atom. The van der Waals surface area contributed by atoms with Crippen LogP contribution in [0.4, 0.5) is 8.78 Å². The lowest BCUT2D eigenvalue weighted by molar-refractivity contribution is 0.538. The van der Waals surface area contributed by atoms with Crippen LogP contribution >= 0.6 is 15.9 Å². The van der Waals surface area contributed by atoms with Crippen molar-refractivity contribution in [2.24, 2.45) is 5.84 Å². The molecular formula is C15H15BrF2N2. The number of nitrogens with two attached hydrogens (primary N) is 1. The van der Waals surface area contributed by atoms with Gasteiger partial charge in [-0.2, -0.15) is 0 Å². The molecule has 0 amide bonds. The van der Waals surface area contributed by atoms with Gasteiger partial charge in [-0.1, -0.05) is 22.0 Å². The van der Waals surface area contributed by atoms with Crippen LogP contribution in [-0.4, -0.2) is 0 Å². The van der Waals surface area contributed by atoms with Gasteiger partial charge in [0, 0.05) is 4.47 Å². The molecule has 2 aromatic rings. The molecule has 106 valence electrons. The number of benzene rings is 2. The minimum atomic E-state index is -0.334. The van der Waals surface area contributed by atoms with E-state index in [4.69, 9.17) is 5.84 Å². The number of aryl methyl sites for hydroxylation is 1. The van der Waals surface area contributed by atoms with Crippen molar-refractivity contribution in [1.29, 1.82) is 0 Å². The zero-order valence-corrected chi connectivity index (χ0v) is 12.5. The molecule has 1 atom stereocenters. The second kappa shape index (κ2) is 6.43. The van der Waals surface area contributed by atoms with Crippen LogP contribution in [0.3, 0.4) is 0 Å². The quantitative estimate of drug-likeness (QED) is 0.656. The second-order valence-corrected chi connectivity index (χ2v) is 5.51. The molecule has 3 N–H and O–H groups in total. The number of halogens is 3. The maximum absolute atomic E-state index is 13.4. The van der Waals surface area contributed by atoms with E-state index in [1.807, 2.05) is 6.92 Å². The van der Waals surface area contributed by atoms with Gasteiger partial charge in [-0.25, -0.2) is 8.78 Å². The number of hydrazine groups is 1. The standard InChI is InChI=1S/C15H15BrF2N2/c1-9-2-3-11(17)6-10(9)7-15(20-19)13-8-12(18)4-5-14(13)16/h2-6,8,15,20H,7,19H2,1H3. The number of hydrogen-bond acceptors (Lipinski definition) is 2. The highest BCUT2D eigenvalue weighted by Gasteiger charge is 2.16. The Hall–Kier alpha value is -1.30. The minimum absolute atomic E-state index is 0.292. The fourth-order valence-corrected chi connectivity index (χ4v) is 2.64. The average molecular weight is 341 g/mol. The Morgan fingerprint density at radius 1 is 1.15 bits per heavy atom. The predicted octanol–water partition coefficient (Wildman–Crippen LogP) is 3.78. The SMILES string of the molecule is Cc1ccc(F)cc1CC(NN)c1cc(F)ccc1Br. The summed E-state index contributed by atoms with van der Waals surface area (Å²) in [4.78, 5) is 0. The van der Waals surface area contributed by atoms with Crippen molar-refractivity contribution in [2.75, 3.05) is 0 Å². The zero-order chi connectivity index (χ0) is 14.7. The first-order valence-electron chi connectivity index (χ1n) is 6.17. The molecule has 0 aliphatic heterocycles. The lowest BCUT2D eigenvalue weighted by atomic mass is 9.96. The van der Waals surface area contributed by atoms with E-state index >= 15 is 0 Å². The van der Waals surface area contributed by atoms with Crippen molar-refractivity contribution in [3.05, 3.63) is 69.2 Å². The van der Waals surface area contributed by atoms with Gasteiger partial charge in [-0.3, -0.25) is 11.3 Å². The maximum Gasteiger partial charge on any atom is 0.123 e. The van der Waals surface area contributed by atoms with Gasteiger partial charge in [0.1, 0.15) is 11.6 Å². The highest BCUT2D eigenvalue weighted by Crippen LogP contribution is 2.27. The van der Waals surface area contributed by atoms with E-state index in [0.717, 1.165) is 15.6 Å². The van der Waals surface area contributed by atoms with Crippen molar-refractivity contribution < 1.29 is 8.78 Å². The van der Waals surface area contributed by atoms with Gasteiger partial charge in [0.05, 0.1) is 6.04 Å². The molecule has 0 spiro atoms. The van der Waals surface area contributed by atoms with Crippen LogP contribution in [0.25, 0.3) is 0 Å². The monoisotopic (exact) mass is 340 g/mol. The Kier molecular flexibility index (Phi) is 4.86. The van der Waals surface area contributed by atoms with E-state index in [1.165, 1.54) is 24.3 Å². The first-order chi connectivity index (χ1) is 9.51. The number of nitrogens with one attached hydrogen (secondary N) is 1. The molecule has 2 aromatic carbocycles. The first kappa shape index (κ1) is 15.1. The molecule has 0 aromatic heterocycles.